The van der Waals surface area contributed by atoms with Gasteiger partial charge in [-0.25, -0.2) is 14.8 Å². The van der Waals surface area contributed by atoms with E-state index in [0.29, 0.717) is 18.8 Å². The van der Waals surface area contributed by atoms with Gasteiger partial charge in [-0.2, -0.15) is 5.26 Å². The third-order valence-electron chi connectivity index (χ3n) is 3.53. The summed E-state index contributed by atoms with van der Waals surface area (Å²) in [5.74, 6) is 0.488. The molecule has 0 bridgehead atoms. The van der Waals surface area contributed by atoms with Crippen molar-refractivity contribution in [3.05, 3.63) is 42.5 Å². The van der Waals surface area contributed by atoms with Crippen molar-refractivity contribution in [3.63, 3.8) is 0 Å². The summed E-state index contributed by atoms with van der Waals surface area (Å²) in [6.45, 7) is 1.07. The summed E-state index contributed by atoms with van der Waals surface area (Å²) in [6, 6.07) is 13.4. The number of nitrogens with zero attached hydrogens (tertiary/aromatic N) is 3. The van der Waals surface area contributed by atoms with Crippen molar-refractivity contribution in [1.82, 2.24) is 10.0 Å². The first-order valence-electron chi connectivity index (χ1n) is 6.93. The first-order chi connectivity index (χ1) is 10.3. The Labute approximate surface area is 122 Å². The molecular weight excluding hydrogens is 266 g/mol. The maximum Gasteiger partial charge on any atom is 0.434 e. The second-order valence-corrected chi connectivity index (χ2v) is 4.93. The van der Waals surface area contributed by atoms with Crippen LogP contribution in [0.1, 0.15) is 12.8 Å². The van der Waals surface area contributed by atoms with Crippen LogP contribution in [0.3, 0.4) is 0 Å². The van der Waals surface area contributed by atoms with Gasteiger partial charge in [-0.3, -0.25) is 0 Å². The van der Waals surface area contributed by atoms with Crippen LogP contribution in [0.4, 0.5) is 4.79 Å². The zero-order chi connectivity index (χ0) is 14.7. The molecule has 0 atom stereocenters. The summed E-state index contributed by atoms with van der Waals surface area (Å²) < 4.78 is 5.39. The normalized spacial score (nSPS) is 14.8. The number of carbonyl (C=O) groups is 1. The third-order valence-corrected chi connectivity index (χ3v) is 3.53. The fraction of sp³-hybridized carbons (Fsp3) is 0.250. The minimum absolute atomic E-state index is 0.488. The van der Waals surface area contributed by atoms with Crippen LogP contribution in [0.2, 0.25) is 0 Å². The lowest BCUT2D eigenvalue weighted by atomic mass is 10.1. The summed E-state index contributed by atoms with van der Waals surface area (Å²) in [6.07, 6.45) is 3.29. The number of hydrazine groups is 1. The van der Waals surface area contributed by atoms with E-state index >= 15 is 0 Å². The second kappa shape index (κ2) is 5.71. The minimum atomic E-state index is -0.508. The molecule has 0 saturated carbocycles. The molecule has 0 spiro atoms. The van der Waals surface area contributed by atoms with Gasteiger partial charge in [0.25, 0.3) is 0 Å². The number of ether oxygens (including phenoxy) is 1. The number of fused-ring (bicyclic) bond motifs is 1. The summed E-state index contributed by atoms with van der Waals surface area (Å²) >= 11 is 0. The number of carbonyl (C=O) groups excluding carboxylic acids is 1. The molecule has 21 heavy (non-hydrogen) atoms. The fourth-order valence-corrected chi connectivity index (χ4v) is 2.44. The molecule has 5 heteroatoms. The average molecular weight is 281 g/mol. The van der Waals surface area contributed by atoms with Gasteiger partial charge in [-0.1, -0.05) is 30.3 Å². The number of amides is 1. The molecule has 1 aliphatic heterocycles. The van der Waals surface area contributed by atoms with Crippen LogP contribution >= 0.6 is 0 Å². The smallest absolute Gasteiger partial charge is 0.409 e. The van der Waals surface area contributed by atoms with Crippen molar-refractivity contribution in [2.45, 2.75) is 12.8 Å². The topological polar surface area (TPSA) is 56.6 Å². The van der Waals surface area contributed by atoms with Crippen LogP contribution in [0, 0.1) is 11.5 Å². The van der Waals surface area contributed by atoms with Gasteiger partial charge in [0, 0.05) is 6.54 Å². The molecule has 1 fully saturated rings. The van der Waals surface area contributed by atoms with Crippen molar-refractivity contribution in [3.8, 4) is 11.9 Å². The largest absolute Gasteiger partial charge is 0.434 e. The van der Waals surface area contributed by atoms with Gasteiger partial charge in [0.15, 0.2) is 6.19 Å². The molecule has 0 aromatic heterocycles. The quantitative estimate of drug-likeness (QED) is 0.753. The number of hydrogen-bond donors (Lipinski definition) is 0. The van der Waals surface area contributed by atoms with E-state index in [1.54, 1.807) is 6.07 Å². The highest BCUT2D eigenvalue weighted by Crippen LogP contribution is 2.22. The second-order valence-electron chi connectivity index (χ2n) is 4.93. The molecule has 3 rings (SSSR count). The zero-order valence-electron chi connectivity index (χ0n) is 11.5. The molecule has 0 N–H and O–H groups in total. The van der Waals surface area contributed by atoms with Gasteiger partial charge in [-0.05, 0) is 35.7 Å². The van der Waals surface area contributed by atoms with Crippen LogP contribution in [-0.4, -0.2) is 29.2 Å². The first kappa shape index (κ1) is 13.3. The Morgan fingerprint density at radius 1 is 1.10 bits per heavy atom. The highest BCUT2D eigenvalue weighted by atomic mass is 16.6. The van der Waals surface area contributed by atoms with E-state index in [-0.39, 0.29) is 0 Å². The van der Waals surface area contributed by atoms with Gasteiger partial charge >= 0.3 is 6.09 Å². The van der Waals surface area contributed by atoms with Crippen LogP contribution in [0.5, 0.6) is 5.75 Å². The molecule has 1 saturated heterocycles. The van der Waals surface area contributed by atoms with E-state index in [0.717, 1.165) is 23.6 Å². The summed E-state index contributed by atoms with van der Waals surface area (Å²) in [5.41, 5.74) is 0. The number of rotatable bonds is 1. The number of hydrogen-bond acceptors (Lipinski definition) is 4. The van der Waals surface area contributed by atoms with Crippen molar-refractivity contribution in [1.29, 1.82) is 5.26 Å². The van der Waals surface area contributed by atoms with E-state index < -0.39 is 6.09 Å². The van der Waals surface area contributed by atoms with Crippen molar-refractivity contribution in [2.24, 2.45) is 0 Å². The van der Waals surface area contributed by atoms with E-state index in [4.69, 9.17) is 10.00 Å². The Morgan fingerprint density at radius 3 is 2.67 bits per heavy atom. The zero-order valence-corrected chi connectivity index (χ0v) is 11.5. The summed E-state index contributed by atoms with van der Waals surface area (Å²) in [4.78, 5) is 12.2. The minimum Gasteiger partial charge on any atom is -0.409 e. The molecule has 1 amide bonds. The Kier molecular flexibility index (Phi) is 3.61. The van der Waals surface area contributed by atoms with Gasteiger partial charge in [0.1, 0.15) is 5.75 Å². The van der Waals surface area contributed by atoms with E-state index in [9.17, 15) is 4.79 Å². The number of nitriles is 1. The number of benzene rings is 2. The van der Waals surface area contributed by atoms with Crippen molar-refractivity contribution >= 4 is 16.9 Å². The molecule has 2 aromatic rings. The van der Waals surface area contributed by atoms with Crippen LogP contribution < -0.4 is 4.74 Å². The Morgan fingerprint density at radius 2 is 1.86 bits per heavy atom. The van der Waals surface area contributed by atoms with Crippen molar-refractivity contribution < 1.29 is 9.53 Å². The third kappa shape index (κ3) is 2.75. The molecule has 0 unspecified atom stereocenters. The van der Waals surface area contributed by atoms with Gasteiger partial charge in [-0.15, -0.1) is 0 Å². The van der Waals surface area contributed by atoms with Crippen molar-refractivity contribution in [2.75, 3.05) is 13.1 Å². The molecule has 106 valence electrons. The Bertz CT molecular complexity index is 708. The summed E-state index contributed by atoms with van der Waals surface area (Å²) in [7, 11) is 0. The molecule has 0 radical (unpaired) electrons. The maximum atomic E-state index is 12.2. The lowest BCUT2D eigenvalue weighted by molar-refractivity contribution is 0.0178. The molecule has 0 aliphatic carbocycles. The standard InChI is InChI=1S/C16H15N3O2/c17-12-18-9-3-4-10-19(18)16(20)21-15-8-7-13-5-1-2-6-14(13)11-15/h1-2,5-8,11H,3-4,9-10H2. The van der Waals surface area contributed by atoms with Crippen LogP contribution in [-0.2, 0) is 0 Å². The first-order valence-corrected chi connectivity index (χ1v) is 6.93. The maximum absolute atomic E-state index is 12.2. The molecular formula is C16H15N3O2. The lowest BCUT2D eigenvalue weighted by Crippen LogP contribution is -2.49. The van der Waals surface area contributed by atoms with Gasteiger partial charge < -0.3 is 4.74 Å². The Hall–Kier alpha value is -2.74. The fourth-order valence-electron chi connectivity index (χ4n) is 2.44. The molecule has 2 aromatic carbocycles. The van der Waals surface area contributed by atoms with E-state index in [2.05, 4.69) is 0 Å². The molecule has 5 nitrogen and oxygen atoms in total. The molecule has 1 heterocycles. The van der Waals surface area contributed by atoms with Gasteiger partial charge in [0.2, 0.25) is 0 Å². The Balaban J connectivity index is 1.78. The summed E-state index contributed by atoms with van der Waals surface area (Å²) in [5, 5.41) is 13.9. The predicted octanol–water partition coefficient (Wildman–Crippen LogP) is 3.13. The highest BCUT2D eigenvalue weighted by molar-refractivity contribution is 5.84. The monoisotopic (exact) mass is 281 g/mol. The van der Waals surface area contributed by atoms with Crippen LogP contribution in [0.25, 0.3) is 10.8 Å². The predicted molar refractivity (Wildman–Crippen MR) is 78.2 cm³/mol. The van der Waals surface area contributed by atoms with E-state index in [1.165, 1.54) is 10.0 Å². The average Bonchev–Trinajstić information content (AvgIpc) is 2.54. The van der Waals surface area contributed by atoms with E-state index in [1.807, 2.05) is 42.6 Å². The van der Waals surface area contributed by atoms with Gasteiger partial charge in [0.05, 0.1) is 6.54 Å². The SMILES string of the molecule is N#CN1CCCCN1C(=O)Oc1ccc2ccccc2c1. The highest BCUT2D eigenvalue weighted by Gasteiger charge is 2.25. The lowest BCUT2D eigenvalue weighted by Gasteiger charge is -2.33. The van der Waals surface area contributed by atoms with Crippen LogP contribution in [0.15, 0.2) is 42.5 Å². The molecule has 1 aliphatic rings.